The summed E-state index contributed by atoms with van der Waals surface area (Å²) in [6, 6.07) is 5.81. The quantitative estimate of drug-likeness (QED) is 0.854. The van der Waals surface area contributed by atoms with Gasteiger partial charge in [0.15, 0.2) is 5.82 Å². The minimum Gasteiger partial charge on any atom is -0.326 e. The molecular weight excluding hydrogens is 254 g/mol. The van der Waals surface area contributed by atoms with Crippen molar-refractivity contribution in [3.63, 3.8) is 0 Å². The molecule has 0 spiro atoms. The number of anilines is 1. The van der Waals surface area contributed by atoms with Crippen LogP contribution in [0.2, 0.25) is 0 Å². The number of fused-ring (bicyclic) bond motifs is 1. The smallest absolute Gasteiger partial charge is 0.224 e. The molecule has 6 heteroatoms. The molecule has 0 unspecified atom stereocenters. The molecule has 6 nitrogen and oxygen atoms in total. The first kappa shape index (κ1) is 12.7. The first-order chi connectivity index (χ1) is 9.65. The maximum absolute atomic E-state index is 11.4. The highest BCUT2D eigenvalue weighted by Gasteiger charge is 2.16. The van der Waals surface area contributed by atoms with Gasteiger partial charge in [-0.15, -0.1) is 0 Å². The first-order valence-corrected chi connectivity index (χ1v) is 6.50. The zero-order chi connectivity index (χ0) is 14.1. The van der Waals surface area contributed by atoms with Crippen LogP contribution in [0.25, 0.3) is 11.4 Å². The number of nitrogens with one attached hydrogen (secondary N) is 1. The van der Waals surface area contributed by atoms with Gasteiger partial charge in [0.25, 0.3) is 0 Å². The average Bonchev–Trinajstić information content (AvgIpc) is 2.46. The van der Waals surface area contributed by atoms with Crippen molar-refractivity contribution in [3.8, 4) is 11.4 Å². The van der Waals surface area contributed by atoms with Crippen LogP contribution in [0, 0.1) is 6.92 Å². The third-order valence-electron chi connectivity index (χ3n) is 3.24. The lowest BCUT2D eigenvalue weighted by Gasteiger charge is -2.17. The Bertz CT molecular complexity index is 683. The van der Waals surface area contributed by atoms with Gasteiger partial charge in [-0.05, 0) is 37.1 Å². The Morgan fingerprint density at radius 2 is 2.10 bits per heavy atom. The van der Waals surface area contributed by atoms with Crippen LogP contribution in [0.1, 0.15) is 23.6 Å². The van der Waals surface area contributed by atoms with E-state index in [2.05, 4.69) is 20.3 Å². The molecule has 1 aromatic heterocycles. The van der Waals surface area contributed by atoms with Crippen LogP contribution >= 0.6 is 0 Å². The molecule has 1 aliphatic rings. The van der Waals surface area contributed by atoms with Gasteiger partial charge in [-0.3, -0.25) is 4.79 Å². The number of nitrogens with zero attached hydrogens (tertiary/aromatic N) is 3. The largest absolute Gasteiger partial charge is 0.326 e. The van der Waals surface area contributed by atoms with Crippen LogP contribution in [0.4, 0.5) is 5.69 Å². The highest BCUT2D eigenvalue weighted by atomic mass is 16.1. The maximum atomic E-state index is 11.4. The lowest BCUT2D eigenvalue weighted by Crippen LogP contribution is -2.18. The van der Waals surface area contributed by atoms with Crippen molar-refractivity contribution in [3.05, 3.63) is 35.4 Å². The minimum absolute atomic E-state index is 0.0617. The summed E-state index contributed by atoms with van der Waals surface area (Å²) in [7, 11) is 0. The van der Waals surface area contributed by atoms with E-state index in [4.69, 9.17) is 5.73 Å². The molecule has 0 fully saturated rings. The summed E-state index contributed by atoms with van der Waals surface area (Å²) in [5, 5.41) is 2.86. The number of benzene rings is 1. The molecule has 2 heterocycles. The van der Waals surface area contributed by atoms with Gasteiger partial charge in [-0.2, -0.15) is 0 Å². The molecule has 1 aliphatic heterocycles. The summed E-state index contributed by atoms with van der Waals surface area (Å²) >= 11 is 0. The highest BCUT2D eigenvalue weighted by molar-refractivity contribution is 5.94. The Labute approximate surface area is 116 Å². The Kier molecular flexibility index (Phi) is 3.15. The van der Waals surface area contributed by atoms with Crippen LogP contribution in [0.3, 0.4) is 0 Å². The number of carbonyl (C=O) groups excluding carboxylic acids is 1. The Morgan fingerprint density at radius 3 is 2.90 bits per heavy atom. The molecule has 0 radical (unpaired) electrons. The van der Waals surface area contributed by atoms with E-state index >= 15 is 0 Å². The second kappa shape index (κ2) is 4.97. The zero-order valence-corrected chi connectivity index (χ0v) is 11.2. The molecule has 102 valence electrons. The third kappa shape index (κ3) is 2.37. The van der Waals surface area contributed by atoms with Crippen molar-refractivity contribution in [2.75, 3.05) is 5.32 Å². The monoisotopic (exact) mass is 269 g/mol. The minimum atomic E-state index is 0.0617. The van der Waals surface area contributed by atoms with E-state index in [1.807, 2.05) is 25.1 Å². The number of nitrogens with two attached hydrogens (primary N) is 1. The van der Waals surface area contributed by atoms with E-state index in [1.165, 1.54) is 0 Å². The first-order valence-electron chi connectivity index (χ1n) is 6.50. The molecule has 2 aromatic rings. The van der Waals surface area contributed by atoms with Crippen molar-refractivity contribution in [1.29, 1.82) is 0 Å². The fraction of sp³-hybridized carbons (Fsp3) is 0.286. The van der Waals surface area contributed by atoms with Gasteiger partial charge in [0, 0.05) is 17.7 Å². The van der Waals surface area contributed by atoms with Crippen LogP contribution < -0.4 is 11.1 Å². The molecule has 3 rings (SSSR count). The van der Waals surface area contributed by atoms with Crippen molar-refractivity contribution >= 4 is 11.6 Å². The molecule has 3 N–H and O–H groups in total. The van der Waals surface area contributed by atoms with E-state index in [9.17, 15) is 4.79 Å². The van der Waals surface area contributed by atoms with E-state index in [0.29, 0.717) is 23.9 Å². The van der Waals surface area contributed by atoms with Gasteiger partial charge in [0.1, 0.15) is 11.6 Å². The van der Waals surface area contributed by atoms with Gasteiger partial charge in [-0.25, -0.2) is 15.0 Å². The number of hydrogen-bond donors (Lipinski definition) is 2. The van der Waals surface area contributed by atoms with Crippen LogP contribution in [-0.2, 0) is 17.8 Å². The maximum Gasteiger partial charge on any atom is 0.224 e. The average molecular weight is 269 g/mol. The van der Waals surface area contributed by atoms with Crippen LogP contribution in [0.15, 0.2) is 18.2 Å². The summed E-state index contributed by atoms with van der Waals surface area (Å²) in [5.74, 6) is 1.92. The second-order valence-corrected chi connectivity index (χ2v) is 4.75. The van der Waals surface area contributed by atoms with E-state index in [-0.39, 0.29) is 12.5 Å². The summed E-state index contributed by atoms with van der Waals surface area (Å²) in [4.78, 5) is 24.2. The number of rotatable bonds is 2. The number of aromatic nitrogens is 3. The van der Waals surface area contributed by atoms with Gasteiger partial charge < -0.3 is 11.1 Å². The Morgan fingerprint density at radius 1 is 1.25 bits per heavy atom. The normalized spacial score (nSPS) is 13.8. The lowest BCUT2D eigenvalue weighted by atomic mass is 10.00. The third-order valence-corrected chi connectivity index (χ3v) is 3.24. The number of amides is 1. The Hall–Kier alpha value is -2.34. The predicted octanol–water partition coefficient (Wildman–Crippen LogP) is 1.19. The van der Waals surface area contributed by atoms with Crippen LogP contribution in [-0.4, -0.2) is 20.9 Å². The highest BCUT2D eigenvalue weighted by Crippen LogP contribution is 2.27. The SMILES string of the molecule is Cc1nc(CN)nc(-c2ccc3c(c2)CCC(=O)N3)n1. The van der Waals surface area contributed by atoms with Crippen molar-refractivity contribution in [2.24, 2.45) is 5.73 Å². The van der Waals surface area contributed by atoms with Gasteiger partial charge in [0.05, 0.1) is 6.54 Å². The number of carbonyl (C=O) groups is 1. The Balaban J connectivity index is 2.03. The molecule has 0 saturated carbocycles. The topological polar surface area (TPSA) is 93.8 Å². The molecule has 0 saturated heterocycles. The molecule has 0 bridgehead atoms. The predicted molar refractivity (Wildman–Crippen MR) is 74.8 cm³/mol. The van der Waals surface area contributed by atoms with Crippen molar-refractivity contribution in [2.45, 2.75) is 26.3 Å². The molecular formula is C14H15N5O. The van der Waals surface area contributed by atoms with Gasteiger partial charge >= 0.3 is 0 Å². The number of hydrogen-bond acceptors (Lipinski definition) is 5. The van der Waals surface area contributed by atoms with E-state index in [1.54, 1.807) is 0 Å². The fourth-order valence-corrected chi connectivity index (χ4v) is 2.28. The van der Waals surface area contributed by atoms with Crippen LogP contribution in [0.5, 0.6) is 0 Å². The zero-order valence-electron chi connectivity index (χ0n) is 11.2. The van der Waals surface area contributed by atoms with Gasteiger partial charge in [-0.1, -0.05) is 0 Å². The van der Waals surface area contributed by atoms with E-state index < -0.39 is 0 Å². The molecule has 1 aromatic carbocycles. The summed E-state index contributed by atoms with van der Waals surface area (Å²) < 4.78 is 0. The van der Waals surface area contributed by atoms with Gasteiger partial charge in [0.2, 0.25) is 5.91 Å². The molecule has 0 atom stereocenters. The number of aryl methyl sites for hydroxylation is 2. The standard InChI is InChI=1S/C14H15N5O/c1-8-16-12(7-15)19-14(17-8)10-2-4-11-9(6-10)3-5-13(20)18-11/h2,4,6H,3,5,7,15H2,1H3,(H,18,20). The lowest BCUT2D eigenvalue weighted by molar-refractivity contribution is -0.116. The van der Waals surface area contributed by atoms with Crippen molar-refractivity contribution in [1.82, 2.24) is 15.0 Å². The molecule has 1 amide bonds. The van der Waals surface area contributed by atoms with Crippen molar-refractivity contribution < 1.29 is 4.79 Å². The molecule has 20 heavy (non-hydrogen) atoms. The fourth-order valence-electron chi connectivity index (χ4n) is 2.28. The summed E-state index contributed by atoms with van der Waals surface area (Å²) in [6.45, 7) is 2.11. The second-order valence-electron chi connectivity index (χ2n) is 4.75. The summed E-state index contributed by atoms with van der Waals surface area (Å²) in [5.41, 5.74) is 8.48. The summed E-state index contributed by atoms with van der Waals surface area (Å²) in [6.07, 6.45) is 1.25. The van der Waals surface area contributed by atoms with E-state index in [0.717, 1.165) is 23.2 Å². The molecule has 0 aliphatic carbocycles.